The number of thiocarbonyl (C=S) groups is 1. The number of carbonyl (C=O) groups excluding carboxylic acids is 2. The molecule has 2 heterocycles. The number of ether oxygens (including phenoxy) is 5. The normalized spacial score (nSPS) is 22.6. The Bertz CT molecular complexity index is 1070. The molecule has 11 heteroatoms. The van der Waals surface area contributed by atoms with Gasteiger partial charge in [0.1, 0.15) is 23.7 Å². The molecule has 35 heavy (non-hydrogen) atoms. The molecule has 3 N–H and O–H groups in total. The Morgan fingerprint density at radius 2 is 1.57 bits per heavy atom. The summed E-state index contributed by atoms with van der Waals surface area (Å²) in [7, 11) is 3.15. The van der Waals surface area contributed by atoms with Crippen molar-refractivity contribution in [3.63, 3.8) is 0 Å². The van der Waals surface area contributed by atoms with Crippen LogP contribution in [0.4, 0.5) is 16.2 Å². The molecule has 0 aromatic heterocycles. The van der Waals surface area contributed by atoms with Crippen molar-refractivity contribution in [2.45, 2.75) is 31.3 Å². The Morgan fingerprint density at radius 3 is 2.20 bits per heavy atom. The van der Waals surface area contributed by atoms with Gasteiger partial charge in [-0.3, -0.25) is 10.1 Å². The van der Waals surface area contributed by atoms with Crippen molar-refractivity contribution in [2.75, 3.05) is 38.1 Å². The van der Waals surface area contributed by atoms with Crippen LogP contribution in [0, 0.1) is 0 Å². The van der Waals surface area contributed by atoms with Crippen LogP contribution in [-0.4, -0.2) is 68.8 Å². The molecule has 2 aliphatic rings. The Labute approximate surface area is 208 Å². The average molecular weight is 502 g/mol. The number of rotatable bonds is 7. The Morgan fingerprint density at radius 1 is 0.914 bits per heavy atom. The SMILES string of the molecule is COc1cc(NC(=S)N[C@H]2CO[C@H]3[C@@H]2OC[C@H]3OC(=O)Nc2ccc(C(C)=O)cc2)cc(OC)c1. The summed E-state index contributed by atoms with van der Waals surface area (Å²) in [5.41, 5.74) is 1.79. The number of hydrogen-bond acceptors (Lipinski definition) is 8. The molecule has 2 aromatic rings. The highest BCUT2D eigenvalue weighted by Crippen LogP contribution is 2.30. The molecule has 0 aliphatic carbocycles. The lowest BCUT2D eigenvalue weighted by atomic mass is 10.1. The van der Waals surface area contributed by atoms with Gasteiger partial charge in [-0.2, -0.15) is 0 Å². The smallest absolute Gasteiger partial charge is 0.412 e. The fourth-order valence-electron chi connectivity index (χ4n) is 3.98. The molecule has 0 radical (unpaired) electrons. The van der Waals surface area contributed by atoms with Gasteiger partial charge in [-0.05, 0) is 43.4 Å². The second-order valence-electron chi connectivity index (χ2n) is 8.10. The van der Waals surface area contributed by atoms with E-state index in [0.717, 1.165) is 0 Å². The number of anilines is 2. The maximum atomic E-state index is 12.4. The molecular formula is C24H27N3O7S. The Balaban J connectivity index is 1.28. The highest BCUT2D eigenvalue weighted by molar-refractivity contribution is 7.80. The number of amides is 1. The molecule has 2 aromatic carbocycles. The zero-order valence-electron chi connectivity index (χ0n) is 19.5. The lowest BCUT2D eigenvalue weighted by Crippen LogP contribution is -2.46. The number of hydrogen-bond donors (Lipinski definition) is 3. The largest absolute Gasteiger partial charge is 0.497 e. The van der Waals surface area contributed by atoms with Crippen LogP contribution < -0.4 is 25.4 Å². The van der Waals surface area contributed by atoms with Gasteiger partial charge in [-0.15, -0.1) is 0 Å². The lowest BCUT2D eigenvalue weighted by Gasteiger charge is -2.20. The maximum absolute atomic E-state index is 12.4. The van der Waals surface area contributed by atoms with Gasteiger partial charge in [0.05, 0.1) is 33.5 Å². The summed E-state index contributed by atoms with van der Waals surface area (Å²) >= 11 is 5.46. The second-order valence-corrected chi connectivity index (χ2v) is 8.51. The first-order chi connectivity index (χ1) is 16.9. The number of fused-ring (bicyclic) bond motifs is 1. The summed E-state index contributed by atoms with van der Waals surface area (Å²) in [6, 6.07) is 11.7. The van der Waals surface area contributed by atoms with Crippen molar-refractivity contribution < 1.29 is 33.3 Å². The van der Waals surface area contributed by atoms with Crippen LogP contribution in [0.5, 0.6) is 11.5 Å². The molecule has 2 aliphatic heterocycles. The fourth-order valence-corrected chi connectivity index (χ4v) is 4.25. The molecule has 0 unspecified atom stereocenters. The molecule has 4 rings (SSSR count). The number of ketones is 1. The maximum Gasteiger partial charge on any atom is 0.412 e. The van der Waals surface area contributed by atoms with E-state index in [1.165, 1.54) is 6.92 Å². The van der Waals surface area contributed by atoms with Gasteiger partial charge >= 0.3 is 6.09 Å². The van der Waals surface area contributed by atoms with Crippen molar-refractivity contribution in [2.24, 2.45) is 0 Å². The zero-order chi connectivity index (χ0) is 24.9. The van der Waals surface area contributed by atoms with E-state index < -0.39 is 18.3 Å². The summed E-state index contributed by atoms with van der Waals surface area (Å²) in [4.78, 5) is 23.7. The third-order valence-corrected chi connectivity index (χ3v) is 5.95. The highest BCUT2D eigenvalue weighted by atomic mass is 32.1. The predicted octanol–water partition coefficient (Wildman–Crippen LogP) is 2.98. The molecule has 10 nitrogen and oxygen atoms in total. The molecule has 186 valence electrons. The third kappa shape index (κ3) is 5.99. The van der Waals surface area contributed by atoms with Gasteiger partial charge in [-0.1, -0.05) is 0 Å². The van der Waals surface area contributed by atoms with E-state index in [0.29, 0.717) is 40.2 Å². The fraction of sp³-hybridized carbons (Fsp3) is 0.375. The monoisotopic (exact) mass is 501 g/mol. The van der Waals surface area contributed by atoms with Crippen LogP contribution >= 0.6 is 12.2 Å². The van der Waals surface area contributed by atoms with Gasteiger partial charge in [0.15, 0.2) is 17.0 Å². The van der Waals surface area contributed by atoms with Crippen molar-refractivity contribution in [1.29, 1.82) is 0 Å². The minimum Gasteiger partial charge on any atom is -0.497 e. The van der Waals surface area contributed by atoms with Crippen molar-refractivity contribution in [3.05, 3.63) is 48.0 Å². The summed E-state index contributed by atoms with van der Waals surface area (Å²) in [5, 5.41) is 9.36. The third-order valence-electron chi connectivity index (χ3n) is 5.73. The molecular weight excluding hydrogens is 474 g/mol. The topological polar surface area (TPSA) is 116 Å². The van der Waals surface area contributed by atoms with E-state index in [4.69, 9.17) is 35.9 Å². The van der Waals surface area contributed by atoms with E-state index in [1.54, 1.807) is 56.7 Å². The van der Waals surface area contributed by atoms with Crippen molar-refractivity contribution >= 4 is 40.6 Å². The van der Waals surface area contributed by atoms with Crippen LogP contribution in [0.25, 0.3) is 0 Å². The molecule has 4 atom stereocenters. The summed E-state index contributed by atoms with van der Waals surface area (Å²) in [6.45, 7) is 2.03. The summed E-state index contributed by atoms with van der Waals surface area (Å²) in [5.74, 6) is 1.21. The summed E-state index contributed by atoms with van der Waals surface area (Å²) in [6.07, 6.45) is -1.94. The van der Waals surface area contributed by atoms with Gasteiger partial charge in [0, 0.05) is 35.1 Å². The molecule has 1 amide bonds. The summed E-state index contributed by atoms with van der Waals surface area (Å²) < 4.78 is 27.8. The van der Waals surface area contributed by atoms with E-state index in [1.807, 2.05) is 0 Å². The first-order valence-corrected chi connectivity index (χ1v) is 11.4. The average Bonchev–Trinajstić information content (AvgIpc) is 3.42. The Hall–Kier alpha value is -3.41. The predicted molar refractivity (Wildman–Crippen MR) is 133 cm³/mol. The van der Waals surface area contributed by atoms with E-state index >= 15 is 0 Å². The van der Waals surface area contributed by atoms with Gasteiger partial charge < -0.3 is 34.3 Å². The number of benzene rings is 2. The lowest BCUT2D eigenvalue weighted by molar-refractivity contribution is 0.00880. The molecule has 0 saturated carbocycles. The first kappa shape index (κ1) is 24.7. The molecule has 0 bridgehead atoms. The number of Topliss-reactive ketones (excluding diaryl/α,β-unsaturated/α-hetero) is 1. The van der Waals surface area contributed by atoms with Gasteiger partial charge in [-0.25, -0.2) is 4.79 Å². The minimum atomic E-state index is -0.626. The molecule has 0 spiro atoms. The van der Waals surface area contributed by atoms with E-state index in [-0.39, 0.29) is 24.5 Å². The number of carbonyl (C=O) groups is 2. The van der Waals surface area contributed by atoms with Crippen molar-refractivity contribution in [3.8, 4) is 11.5 Å². The van der Waals surface area contributed by atoms with E-state index in [9.17, 15) is 9.59 Å². The second kappa shape index (κ2) is 10.9. The minimum absolute atomic E-state index is 0.0484. The molecule has 2 fully saturated rings. The van der Waals surface area contributed by atoms with Gasteiger partial charge in [0.25, 0.3) is 0 Å². The quantitative estimate of drug-likeness (QED) is 0.386. The van der Waals surface area contributed by atoms with Crippen LogP contribution in [-0.2, 0) is 14.2 Å². The van der Waals surface area contributed by atoms with Crippen LogP contribution in [0.1, 0.15) is 17.3 Å². The standard InChI is InChI=1S/C24H27N3O7S/c1-13(28)14-4-6-15(7-5-14)26-24(29)34-20-12-33-21-19(11-32-22(20)21)27-23(35)25-16-8-17(30-2)10-18(9-16)31-3/h4-10,19-22H,11-12H2,1-3H3,(H,26,29)(H2,25,27,35)/t19-,20+,21+,22+/m0/s1. The van der Waals surface area contributed by atoms with Crippen LogP contribution in [0.15, 0.2) is 42.5 Å². The number of nitrogens with one attached hydrogen (secondary N) is 3. The van der Waals surface area contributed by atoms with Crippen molar-refractivity contribution in [1.82, 2.24) is 5.32 Å². The van der Waals surface area contributed by atoms with Crippen LogP contribution in [0.3, 0.4) is 0 Å². The Kier molecular flexibility index (Phi) is 7.69. The zero-order valence-corrected chi connectivity index (χ0v) is 20.3. The first-order valence-electron chi connectivity index (χ1n) is 11.0. The highest BCUT2D eigenvalue weighted by Gasteiger charge is 2.49. The van der Waals surface area contributed by atoms with Gasteiger partial charge in [0.2, 0.25) is 0 Å². The molecule has 2 saturated heterocycles. The number of methoxy groups -OCH3 is 2. The van der Waals surface area contributed by atoms with E-state index in [2.05, 4.69) is 16.0 Å². The van der Waals surface area contributed by atoms with Crippen LogP contribution in [0.2, 0.25) is 0 Å².